The predicted octanol–water partition coefficient (Wildman–Crippen LogP) is 4.58. The Labute approximate surface area is 204 Å². The molecule has 1 aromatic rings. The molecule has 3 saturated carbocycles. The van der Waals surface area contributed by atoms with Gasteiger partial charge in [-0.05, 0) is 69.0 Å². The number of benzene rings is 1. The van der Waals surface area contributed by atoms with Crippen molar-refractivity contribution < 1.29 is 19.7 Å². The zero-order valence-electron chi connectivity index (χ0n) is 21.5. The molecule has 4 aliphatic carbocycles. The van der Waals surface area contributed by atoms with Gasteiger partial charge in [-0.1, -0.05) is 32.9 Å². The third-order valence-electron chi connectivity index (χ3n) is 11.3. The van der Waals surface area contributed by atoms with Crippen LogP contribution in [0.25, 0.3) is 0 Å². The van der Waals surface area contributed by atoms with Crippen LogP contribution in [0.2, 0.25) is 0 Å². The number of aromatic hydroxyl groups is 1. The molecule has 0 radical (unpaired) electrons. The Morgan fingerprint density at radius 1 is 1.24 bits per heavy atom. The summed E-state index contributed by atoms with van der Waals surface area (Å²) in [7, 11) is 1.81. The van der Waals surface area contributed by atoms with Gasteiger partial charge in [-0.25, -0.2) is 0 Å². The molecular formula is C29H41NO4. The molecule has 7 rings (SSSR count). The van der Waals surface area contributed by atoms with Gasteiger partial charge in [-0.3, -0.25) is 4.90 Å². The summed E-state index contributed by atoms with van der Waals surface area (Å²) in [6, 6.07) is 4.33. The molecule has 5 heteroatoms. The van der Waals surface area contributed by atoms with Gasteiger partial charge in [0.05, 0.1) is 5.60 Å². The highest BCUT2D eigenvalue weighted by Gasteiger charge is 2.82. The van der Waals surface area contributed by atoms with Crippen LogP contribution in [-0.4, -0.2) is 58.7 Å². The lowest BCUT2D eigenvalue weighted by Crippen LogP contribution is -2.83. The Kier molecular flexibility index (Phi) is 4.58. The van der Waals surface area contributed by atoms with E-state index in [0.29, 0.717) is 11.8 Å². The van der Waals surface area contributed by atoms with Crippen LogP contribution in [0.1, 0.15) is 70.9 Å². The summed E-state index contributed by atoms with van der Waals surface area (Å²) in [5, 5.41) is 23.1. The van der Waals surface area contributed by atoms with Gasteiger partial charge < -0.3 is 19.7 Å². The summed E-state index contributed by atoms with van der Waals surface area (Å²) in [5.74, 6) is 0.871. The van der Waals surface area contributed by atoms with E-state index >= 15 is 0 Å². The predicted molar refractivity (Wildman–Crippen MR) is 132 cm³/mol. The molecule has 7 atom stereocenters. The van der Waals surface area contributed by atoms with E-state index in [1.165, 1.54) is 11.1 Å². The highest BCUT2D eigenvalue weighted by atomic mass is 16.6. The van der Waals surface area contributed by atoms with Crippen LogP contribution in [0.4, 0.5) is 0 Å². The summed E-state index contributed by atoms with van der Waals surface area (Å²) < 4.78 is 13.4. The van der Waals surface area contributed by atoms with E-state index in [1.54, 1.807) is 0 Å². The maximum atomic E-state index is 12.2. The summed E-state index contributed by atoms with van der Waals surface area (Å²) in [5.41, 5.74) is 0.562. The summed E-state index contributed by atoms with van der Waals surface area (Å²) in [6.45, 7) is 14.5. The first kappa shape index (κ1) is 22.9. The van der Waals surface area contributed by atoms with Crippen LogP contribution < -0.4 is 4.74 Å². The van der Waals surface area contributed by atoms with E-state index in [4.69, 9.17) is 9.47 Å². The molecule has 2 aliphatic heterocycles. The minimum Gasteiger partial charge on any atom is -0.504 e. The quantitative estimate of drug-likeness (QED) is 0.621. The number of hydrogen-bond donors (Lipinski definition) is 2. The van der Waals surface area contributed by atoms with Gasteiger partial charge >= 0.3 is 0 Å². The van der Waals surface area contributed by atoms with Crippen molar-refractivity contribution in [2.45, 2.75) is 95.0 Å². The van der Waals surface area contributed by atoms with Gasteiger partial charge in [0.15, 0.2) is 11.5 Å². The Balaban J connectivity index is 1.61. The topological polar surface area (TPSA) is 62.2 Å². The van der Waals surface area contributed by atoms with E-state index in [9.17, 15) is 10.2 Å². The van der Waals surface area contributed by atoms with Crippen molar-refractivity contribution in [2.75, 3.05) is 20.2 Å². The highest BCUT2D eigenvalue weighted by molar-refractivity contribution is 5.63. The zero-order chi connectivity index (χ0) is 24.3. The molecule has 1 saturated heterocycles. The Morgan fingerprint density at radius 2 is 2.00 bits per heavy atom. The molecule has 0 amide bonds. The lowest BCUT2D eigenvalue weighted by atomic mass is 9.33. The second kappa shape index (κ2) is 6.80. The fraction of sp³-hybridized carbons (Fsp3) is 0.724. The zero-order valence-corrected chi connectivity index (χ0v) is 21.5. The fourth-order valence-electron chi connectivity index (χ4n) is 9.25. The number of piperidine rings is 1. The number of hydrogen-bond acceptors (Lipinski definition) is 5. The maximum Gasteiger partial charge on any atom is 0.165 e. The van der Waals surface area contributed by atoms with Gasteiger partial charge in [0.1, 0.15) is 11.7 Å². The number of likely N-dealkylation sites (tertiary alicyclic amines) is 1. The third-order valence-corrected chi connectivity index (χ3v) is 11.3. The minimum atomic E-state index is -0.932. The van der Waals surface area contributed by atoms with Crippen LogP contribution in [0.15, 0.2) is 24.8 Å². The molecule has 4 bridgehead atoms. The Morgan fingerprint density at radius 3 is 2.68 bits per heavy atom. The number of aliphatic hydroxyl groups is 1. The standard InChI is InChI=1S/C29H41NO4/c1-7-8-14-30-15-13-28-22-18-9-10-19(31)23(22)34-24(28)29(33-6)12-11-27(28,21(30)16-18)17-20(29)26(5,32)25(2,3)4/h7,9-10,20-21,24,31-32H,1,8,11-17H2,2-6H3/t20-,21?,24?,26+,27-,28+,29-/m1/s1. The highest BCUT2D eigenvalue weighted by Crippen LogP contribution is 2.77. The Hall–Kier alpha value is -1.56. The maximum absolute atomic E-state index is 12.2. The number of fused-ring (bicyclic) bond motifs is 2. The van der Waals surface area contributed by atoms with Gasteiger partial charge in [0, 0.05) is 42.0 Å². The molecule has 0 aromatic heterocycles. The van der Waals surface area contributed by atoms with Crippen molar-refractivity contribution in [3.63, 3.8) is 0 Å². The van der Waals surface area contributed by atoms with Crippen molar-refractivity contribution >= 4 is 0 Å². The average Bonchev–Trinajstić information content (AvgIpc) is 3.16. The largest absolute Gasteiger partial charge is 0.504 e. The van der Waals surface area contributed by atoms with Gasteiger partial charge in [0.2, 0.25) is 0 Å². The summed E-state index contributed by atoms with van der Waals surface area (Å²) in [6.07, 6.45) is 7.67. The van der Waals surface area contributed by atoms with E-state index in [0.717, 1.165) is 51.6 Å². The van der Waals surface area contributed by atoms with Gasteiger partial charge in [0.25, 0.3) is 0 Å². The SMILES string of the molecule is C=CCCN1CC[C@]23c4c5ccc(O)c4OC2[C@@]2(OC)CC[C@@]3(C[C@@H]2[C@](C)(O)C(C)(C)C)C1C5. The number of ether oxygens (including phenoxy) is 2. The van der Waals surface area contributed by atoms with Crippen molar-refractivity contribution in [1.82, 2.24) is 4.90 Å². The summed E-state index contributed by atoms with van der Waals surface area (Å²) in [4.78, 5) is 2.70. The first-order valence-electron chi connectivity index (χ1n) is 13.1. The van der Waals surface area contributed by atoms with Crippen LogP contribution >= 0.6 is 0 Å². The van der Waals surface area contributed by atoms with E-state index < -0.39 is 11.2 Å². The molecule has 6 aliphatic rings. The van der Waals surface area contributed by atoms with E-state index in [-0.39, 0.29) is 34.0 Å². The number of nitrogens with zero attached hydrogens (tertiary/aromatic N) is 1. The first-order chi connectivity index (χ1) is 16.0. The molecule has 2 spiro atoms. The van der Waals surface area contributed by atoms with Crippen LogP contribution in [0, 0.1) is 16.7 Å². The Bertz CT molecular complexity index is 1040. The molecule has 2 N–H and O–H groups in total. The molecule has 2 heterocycles. The van der Waals surface area contributed by atoms with Crippen molar-refractivity contribution in [1.29, 1.82) is 0 Å². The van der Waals surface area contributed by atoms with Crippen molar-refractivity contribution in [3.8, 4) is 11.5 Å². The number of phenolic OH excluding ortho intramolecular Hbond substituents is 1. The smallest absolute Gasteiger partial charge is 0.165 e. The van der Waals surface area contributed by atoms with Gasteiger partial charge in [-0.2, -0.15) is 0 Å². The molecule has 2 unspecified atom stereocenters. The molecule has 186 valence electrons. The number of methoxy groups -OCH3 is 1. The van der Waals surface area contributed by atoms with Gasteiger partial charge in [-0.15, -0.1) is 6.58 Å². The van der Waals surface area contributed by atoms with E-state index in [1.807, 2.05) is 26.2 Å². The third kappa shape index (κ3) is 2.33. The monoisotopic (exact) mass is 467 g/mol. The normalized spacial score (nSPS) is 41.5. The van der Waals surface area contributed by atoms with E-state index in [2.05, 4.69) is 38.3 Å². The fourth-order valence-corrected chi connectivity index (χ4v) is 9.25. The van der Waals surface area contributed by atoms with Crippen molar-refractivity contribution in [3.05, 3.63) is 35.9 Å². The molecule has 5 nitrogen and oxygen atoms in total. The number of rotatable bonds is 5. The lowest BCUT2D eigenvalue weighted by molar-refractivity contribution is -0.312. The minimum absolute atomic E-state index is 0.0106. The molecular weight excluding hydrogens is 426 g/mol. The second-order valence-electron chi connectivity index (χ2n) is 13.0. The first-order valence-corrected chi connectivity index (χ1v) is 13.1. The molecule has 4 fully saturated rings. The summed E-state index contributed by atoms with van der Waals surface area (Å²) >= 11 is 0. The average molecular weight is 468 g/mol. The van der Waals surface area contributed by atoms with Crippen molar-refractivity contribution in [2.24, 2.45) is 16.7 Å². The van der Waals surface area contributed by atoms with Crippen LogP contribution in [0.5, 0.6) is 11.5 Å². The van der Waals surface area contributed by atoms with Crippen LogP contribution in [0.3, 0.4) is 0 Å². The number of phenols is 1. The molecule has 1 aromatic carbocycles. The second-order valence-corrected chi connectivity index (χ2v) is 13.0. The van der Waals surface area contributed by atoms with Crippen LogP contribution in [-0.2, 0) is 16.6 Å². The molecule has 34 heavy (non-hydrogen) atoms. The lowest BCUT2D eigenvalue weighted by Gasteiger charge is -2.75.